The molecule has 0 unspecified atom stereocenters. The van der Waals surface area contributed by atoms with Crippen molar-refractivity contribution in [1.82, 2.24) is 15.3 Å². The Bertz CT molecular complexity index is 326. The first kappa shape index (κ1) is 10.9. The van der Waals surface area contributed by atoms with E-state index in [9.17, 15) is 0 Å². The van der Waals surface area contributed by atoms with Crippen LogP contribution in [-0.4, -0.2) is 29.1 Å². The van der Waals surface area contributed by atoms with Crippen LogP contribution in [-0.2, 0) is 0 Å². The summed E-state index contributed by atoms with van der Waals surface area (Å²) in [6.45, 7) is 2.15. The van der Waals surface area contributed by atoms with Gasteiger partial charge in [0.25, 0.3) is 0 Å². The highest BCUT2D eigenvalue weighted by molar-refractivity contribution is 14.1. The summed E-state index contributed by atoms with van der Waals surface area (Å²) in [5.74, 6) is 1.42. The Morgan fingerprint density at radius 2 is 2.13 bits per heavy atom. The maximum absolute atomic E-state index is 5.63. The summed E-state index contributed by atoms with van der Waals surface area (Å²) in [5, 5.41) is 3.34. The van der Waals surface area contributed by atoms with Gasteiger partial charge in [0.15, 0.2) is 0 Å². The molecule has 0 radical (unpaired) electrons. The third-order valence-corrected chi connectivity index (χ3v) is 3.80. The van der Waals surface area contributed by atoms with E-state index in [1.54, 1.807) is 0 Å². The first-order chi connectivity index (χ1) is 7.27. The van der Waals surface area contributed by atoms with Gasteiger partial charge in [-0.15, -0.1) is 0 Å². The predicted molar refractivity (Wildman–Crippen MR) is 68.8 cm³/mol. The molecular formula is C9H14IN5. The van der Waals surface area contributed by atoms with Crippen LogP contribution in [0.2, 0.25) is 0 Å². The third kappa shape index (κ3) is 2.69. The number of nitrogens with one attached hydrogen (secondary N) is 1. The fraction of sp³-hybridized carbons (Fsp3) is 0.556. The van der Waals surface area contributed by atoms with Crippen molar-refractivity contribution in [2.24, 2.45) is 0 Å². The SMILES string of the molecule is Nc1cc(N(I)C2CCNCC2)ncn1. The number of nitrogen functional groups attached to an aromatic ring is 1. The lowest BCUT2D eigenvalue weighted by atomic mass is 10.1. The van der Waals surface area contributed by atoms with E-state index >= 15 is 0 Å². The Labute approximate surface area is 103 Å². The van der Waals surface area contributed by atoms with Crippen LogP contribution >= 0.6 is 22.9 Å². The van der Waals surface area contributed by atoms with Crippen LogP contribution in [0.5, 0.6) is 0 Å². The zero-order chi connectivity index (χ0) is 10.7. The Hall–Kier alpha value is -0.630. The van der Waals surface area contributed by atoms with Crippen LogP contribution in [0.4, 0.5) is 11.6 Å². The molecule has 3 N–H and O–H groups in total. The van der Waals surface area contributed by atoms with Gasteiger partial charge in [0.2, 0.25) is 0 Å². The van der Waals surface area contributed by atoms with E-state index in [2.05, 4.69) is 41.3 Å². The molecule has 0 spiro atoms. The fourth-order valence-electron chi connectivity index (χ4n) is 1.70. The van der Waals surface area contributed by atoms with Crippen molar-refractivity contribution in [2.75, 3.05) is 21.9 Å². The summed E-state index contributed by atoms with van der Waals surface area (Å²) in [6.07, 6.45) is 3.80. The second kappa shape index (κ2) is 4.93. The molecule has 0 saturated carbocycles. The third-order valence-electron chi connectivity index (χ3n) is 2.52. The van der Waals surface area contributed by atoms with E-state index in [4.69, 9.17) is 5.73 Å². The van der Waals surface area contributed by atoms with Crippen molar-refractivity contribution in [1.29, 1.82) is 0 Å². The molecule has 5 nitrogen and oxygen atoms in total. The zero-order valence-electron chi connectivity index (χ0n) is 8.36. The van der Waals surface area contributed by atoms with Gasteiger partial charge in [0.1, 0.15) is 18.0 Å². The maximum Gasteiger partial charge on any atom is 0.143 e. The number of anilines is 2. The van der Waals surface area contributed by atoms with Crippen LogP contribution in [0.1, 0.15) is 12.8 Å². The Kier molecular flexibility index (Phi) is 3.57. The van der Waals surface area contributed by atoms with Crippen molar-refractivity contribution >= 4 is 34.5 Å². The molecule has 1 aromatic heterocycles. The molecule has 0 amide bonds. The Morgan fingerprint density at radius 3 is 2.80 bits per heavy atom. The summed E-state index contributed by atoms with van der Waals surface area (Å²) in [4.78, 5) is 8.11. The van der Waals surface area contributed by atoms with Gasteiger partial charge in [0.05, 0.1) is 22.9 Å². The quantitative estimate of drug-likeness (QED) is 0.628. The summed E-state index contributed by atoms with van der Waals surface area (Å²) in [5.41, 5.74) is 5.63. The molecule has 82 valence electrons. The highest BCUT2D eigenvalue weighted by Gasteiger charge is 2.20. The smallest absolute Gasteiger partial charge is 0.143 e. The summed E-state index contributed by atoms with van der Waals surface area (Å²) in [6, 6.07) is 2.36. The average Bonchev–Trinajstić information content (AvgIpc) is 2.29. The molecule has 0 bridgehead atoms. The van der Waals surface area contributed by atoms with E-state index in [0.29, 0.717) is 11.9 Å². The molecule has 2 heterocycles. The first-order valence-corrected chi connectivity index (χ1v) is 5.97. The molecule has 0 atom stereocenters. The number of hydrogen-bond acceptors (Lipinski definition) is 5. The average molecular weight is 319 g/mol. The Balaban J connectivity index is 2.08. The van der Waals surface area contributed by atoms with Gasteiger partial charge in [-0.25, -0.2) is 9.97 Å². The van der Waals surface area contributed by atoms with Crippen molar-refractivity contribution in [3.05, 3.63) is 12.4 Å². The van der Waals surface area contributed by atoms with Crippen LogP contribution in [0.3, 0.4) is 0 Å². The normalized spacial score (nSPS) is 17.7. The molecule has 2 rings (SSSR count). The molecule has 1 aliphatic rings. The number of halogens is 1. The van der Waals surface area contributed by atoms with Crippen molar-refractivity contribution in [3.8, 4) is 0 Å². The fourth-order valence-corrected chi connectivity index (χ4v) is 2.52. The van der Waals surface area contributed by atoms with Gasteiger partial charge in [-0.2, -0.15) is 0 Å². The lowest BCUT2D eigenvalue weighted by Gasteiger charge is -2.30. The monoisotopic (exact) mass is 319 g/mol. The van der Waals surface area contributed by atoms with Crippen LogP contribution < -0.4 is 14.2 Å². The maximum atomic E-state index is 5.63. The molecule has 1 aromatic rings. The standard InChI is InChI=1S/C9H14IN5/c10-15(7-1-3-12-4-2-7)9-5-8(11)13-6-14-9/h5-7,12H,1-4H2,(H2,11,13,14). The first-order valence-electron chi connectivity index (χ1n) is 5.00. The number of piperidine rings is 1. The highest BCUT2D eigenvalue weighted by Crippen LogP contribution is 2.24. The number of rotatable bonds is 2. The van der Waals surface area contributed by atoms with Crippen LogP contribution in [0, 0.1) is 0 Å². The van der Waals surface area contributed by atoms with E-state index in [1.165, 1.54) is 6.33 Å². The van der Waals surface area contributed by atoms with Crippen molar-refractivity contribution in [3.63, 3.8) is 0 Å². The van der Waals surface area contributed by atoms with E-state index in [1.807, 2.05) is 6.07 Å². The van der Waals surface area contributed by atoms with E-state index in [-0.39, 0.29) is 0 Å². The lowest BCUT2D eigenvalue weighted by Crippen LogP contribution is -2.38. The van der Waals surface area contributed by atoms with Crippen LogP contribution in [0.15, 0.2) is 12.4 Å². The lowest BCUT2D eigenvalue weighted by molar-refractivity contribution is 0.466. The molecule has 15 heavy (non-hydrogen) atoms. The second-order valence-electron chi connectivity index (χ2n) is 3.59. The zero-order valence-corrected chi connectivity index (χ0v) is 10.5. The van der Waals surface area contributed by atoms with Gasteiger partial charge in [-0.3, -0.25) is 3.11 Å². The number of hydrogen-bond donors (Lipinski definition) is 2. The van der Waals surface area contributed by atoms with Crippen molar-refractivity contribution < 1.29 is 0 Å². The molecule has 1 aliphatic heterocycles. The minimum Gasteiger partial charge on any atom is -0.384 e. The predicted octanol–water partition coefficient (Wildman–Crippen LogP) is 0.967. The molecule has 0 aliphatic carbocycles. The summed E-state index contributed by atoms with van der Waals surface area (Å²) >= 11 is 2.30. The van der Waals surface area contributed by atoms with Gasteiger partial charge < -0.3 is 11.1 Å². The minimum atomic E-state index is 0.524. The highest BCUT2D eigenvalue weighted by atomic mass is 127. The Morgan fingerprint density at radius 1 is 1.40 bits per heavy atom. The van der Waals surface area contributed by atoms with Gasteiger partial charge >= 0.3 is 0 Å². The molecule has 0 aromatic carbocycles. The largest absolute Gasteiger partial charge is 0.384 e. The molecular weight excluding hydrogens is 305 g/mol. The number of aromatic nitrogens is 2. The molecule has 1 saturated heterocycles. The van der Waals surface area contributed by atoms with E-state index in [0.717, 1.165) is 31.7 Å². The minimum absolute atomic E-state index is 0.524. The molecule has 6 heteroatoms. The topological polar surface area (TPSA) is 67.1 Å². The number of nitrogens with two attached hydrogens (primary N) is 1. The summed E-state index contributed by atoms with van der Waals surface area (Å²) in [7, 11) is 0. The van der Waals surface area contributed by atoms with Crippen molar-refractivity contribution in [2.45, 2.75) is 18.9 Å². The van der Waals surface area contributed by atoms with Gasteiger partial charge in [0, 0.05) is 12.1 Å². The van der Waals surface area contributed by atoms with Gasteiger partial charge in [-0.05, 0) is 25.9 Å². The van der Waals surface area contributed by atoms with Gasteiger partial charge in [-0.1, -0.05) is 0 Å². The number of nitrogens with zero attached hydrogens (tertiary/aromatic N) is 3. The molecule has 1 fully saturated rings. The van der Waals surface area contributed by atoms with Crippen LogP contribution in [0.25, 0.3) is 0 Å². The summed E-state index contributed by atoms with van der Waals surface area (Å²) < 4.78 is 2.16. The second-order valence-corrected chi connectivity index (χ2v) is 4.63. The van der Waals surface area contributed by atoms with E-state index < -0.39 is 0 Å².